The van der Waals surface area contributed by atoms with Crippen LogP contribution in [0.1, 0.15) is 108 Å². The van der Waals surface area contributed by atoms with Crippen LogP contribution in [0.25, 0.3) is 11.2 Å². The second-order valence-corrected chi connectivity index (χ2v) is 18.4. The van der Waals surface area contributed by atoms with E-state index < -0.39 is 88.9 Å². The van der Waals surface area contributed by atoms with Crippen molar-refractivity contribution in [3.63, 3.8) is 0 Å². The zero-order valence-corrected chi connectivity index (χ0v) is 37.5. The number of aliphatic hydroxyl groups is 1. The van der Waals surface area contributed by atoms with Crippen molar-refractivity contribution in [2.75, 3.05) is 27.7 Å². The topological polar surface area (TPSA) is 172 Å². The van der Waals surface area contributed by atoms with E-state index in [9.17, 15) is 24.3 Å². The smallest absolute Gasteiger partial charge is 0.410 e. The minimum Gasteiger partial charge on any atom is -0.457 e. The van der Waals surface area contributed by atoms with Gasteiger partial charge in [0.2, 0.25) is 0 Å². The number of aromatic nitrogens is 3. The first-order valence-electron chi connectivity index (χ1n) is 21.4. The molecule has 2 aromatic heterocycles. The number of ether oxygens (including phenoxy) is 5. The van der Waals surface area contributed by atoms with Crippen LogP contribution in [-0.2, 0) is 43.6 Å². The number of ketones is 2. The maximum atomic E-state index is 14.9. The average molecular weight is 828 g/mol. The Kier molecular flexibility index (Phi) is 14.4. The van der Waals surface area contributed by atoms with Crippen molar-refractivity contribution in [3.05, 3.63) is 24.7 Å². The van der Waals surface area contributed by atoms with Gasteiger partial charge in [0.25, 0.3) is 0 Å². The summed E-state index contributed by atoms with van der Waals surface area (Å²) in [6, 6.07) is 2.78. The zero-order chi connectivity index (χ0) is 43.8. The second-order valence-electron chi connectivity index (χ2n) is 18.4. The molecular weight excluding hydrogens is 759 g/mol. The molecule has 3 fully saturated rings. The number of nitrogens with zero attached hydrogens (tertiary/aromatic N) is 5. The third kappa shape index (κ3) is 8.96. The number of amides is 1. The van der Waals surface area contributed by atoms with E-state index in [1.165, 1.54) is 14.0 Å². The Balaban J connectivity index is 1.51. The molecule has 3 saturated heterocycles. The molecule has 59 heavy (non-hydrogen) atoms. The molecule has 3 aliphatic heterocycles. The number of carbonyl (C=O) groups excluding carboxylic acids is 4. The Labute approximate surface area is 349 Å². The molecule has 0 spiro atoms. The number of carbonyl (C=O) groups is 4. The van der Waals surface area contributed by atoms with E-state index in [1.54, 1.807) is 31.3 Å². The van der Waals surface area contributed by atoms with Gasteiger partial charge in [-0.25, -0.2) is 14.8 Å². The third-order valence-corrected chi connectivity index (χ3v) is 13.7. The van der Waals surface area contributed by atoms with Gasteiger partial charge >= 0.3 is 12.1 Å². The van der Waals surface area contributed by atoms with Gasteiger partial charge in [0.05, 0.1) is 35.7 Å². The molecule has 15 nitrogen and oxygen atoms in total. The molecule has 330 valence electrons. The zero-order valence-electron chi connectivity index (χ0n) is 37.5. The summed E-state index contributed by atoms with van der Waals surface area (Å²) in [5.41, 5.74) is -1.48. The number of likely N-dealkylation sites (N-methyl/N-ethyl adjacent to an activating group) is 1. The van der Waals surface area contributed by atoms with Gasteiger partial charge in [0.15, 0.2) is 23.3 Å². The number of hydrogen-bond acceptors (Lipinski definition) is 13. The van der Waals surface area contributed by atoms with Crippen LogP contribution in [0.2, 0.25) is 0 Å². The Bertz CT molecular complexity index is 1820. The monoisotopic (exact) mass is 828 g/mol. The number of imidazole rings is 1. The molecular formula is C44H69N5O10. The van der Waals surface area contributed by atoms with E-state index in [1.807, 2.05) is 65.7 Å². The third-order valence-electron chi connectivity index (χ3n) is 13.7. The van der Waals surface area contributed by atoms with E-state index in [-0.39, 0.29) is 43.7 Å². The maximum Gasteiger partial charge on any atom is 0.410 e. The molecule has 0 aliphatic carbocycles. The quantitative estimate of drug-likeness (QED) is 0.221. The summed E-state index contributed by atoms with van der Waals surface area (Å²) in [6.07, 6.45) is 0.932. The van der Waals surface area contributed by atoms with Crippen molar-refractivity contribution < 1.29 is 48.0 Å². The number of fused-ring (bicyclic) bond motifs is 2. The van der Waals surface area contributed by atoms with E-state index in [0.29, 0.717) is 24.9 Å². The summed E-state index contributed by atoms with van der Waals surface area (Å²) >= 11 is 0. The normalized spacial score (nSPS) is 36.7. The van der Waals surface area contributed by atoms with Crippen molar-refractivity contribution in [1.82, 2.24) is 24.3 Å². The Morgan fingerprint density at radius 2 is 1.73 bits per heavy atom. The standard InChI is InChI=1S/C44H69N5O10/c1-14-32-44(15-2)36(48(41(54)59-44)21-17-19-42(8,9)49-24-46-38-30(49)18-16-20-45-38)27(5)33(50)25(3)23-43(10,55-13)37(28(6)34(51)29(7)39(53)57-32)58-40-35(52)31(47(11)12)22-26(4)56-40/h16,18,20,24-29,31-32,35-37,40,52H,14-15,17,19,21-23H2,1-13H3/t25-,26-,27+,28+,29-,31+,32-,35-,36-,37-,40?,43-,44-/m1/s1. The Morgan fingerprint density at radius 3 is 2.36 bits per heavy atom. The predicted octanol–water partition coefficient (Wildman–Crippen LogP) is 5.54. The van der Waals surface area contributed by atoms with Crippen LogP contribution in [0.5, 0.6) is 0 Å². The SMILES string of the molecule is CC[C@H]1OC(=O)[C@H](C)C(=O)[C@H](C)[C@@H](OC2O[C@H](C)C[C@H](N(C)C)[C@H]2O)[C@](C)(OC)C[C@@H](C)C(=O)[C@H](C)[C@H]2N(CCCC(C)(C)n3cnc4ncccc43)C(=O)O[C@]12CC. The molecule has 1 N–H and O–H groups in total. The van der Waals surface area contributed by atoms with Crippen molar-refractivity contribution in [3.8, 4) is 0 Å². The summed E-state index contributed by atoms with van der Waals surface area (Å²) < 4.78 is 33.7. The Hall–Kier alpha value is -3.50. The number of pyridine rings is 1. The van der Waals surface area contributed by atoms with Gasteiger partial charge in [-0.1, -0.05) is 34.6 Å². The minimum absolute atomic E-state index is 0.128. The first kappa shape index (κ1) is 46.6. The van der Waals surface area contributed by atoms with E-state index in [0.717, 1.165) is 5.52 Å². The van der Waals surface area contributed by atoms with Crippen LogP contribution >= 0.6 is 0 Å². The average Bonchev–Trinajstić information content (AvgIpc) is 3.77. The summed E-state index contributed by atoms with van der Waals surface area (Å²) in [5, 5.41) is 11.5. The number of aliphatic hydroxyl groups excluding tert-OH is 1. The lowest BCUT2D eigenvalue weighted by molar-refractivity contribution is -0.295. The van der Waals surface area contributed by atoms with Crippen LogP contribution in [0.15, 0.2) is 24.7 Å². The molecule has 13 atom stereocenters. The molecule has 2 aromatic rings. The van der Waals surface area contributed by atoms with Gasteiger partial charge in [-0.15, -0.1) is 0 Å². The highest BCUT2D eigenvalue weighted by molar-refractivity contribution is 6.00. The summed E-state index contributed by atoms with van der Waals surface area (Å²) in [4.78, 5) is 70.0. The summed E-state index contributed by atoms with van der Waals surface area (Å²) in [5.74, 6) is -4.95. The predicted molar refractivity (Wildman–Crippen MR) is 220 cm³/mol. The molecule has 0 radical (unpaired) electrons. The molecule has 0 bridgehead atoms. The molecule has 0 aromatic carbocycles. The summed E-state index contributed by atoms with van der Waals surface area (Å²) in [7, 11) is 5.25. The number of Topliss-reactive ketones (excluding diaryl/α,β-unsaturated/α-hetero) is 2. The number of esters is 1. The molecule has 5 rings (SSSR count). The molecule has 5 heterocycles. The lowest BCUT2D eigenvalue weighted by Crippen LogP contribution is -2.61. The molecule has 1 amide bonds. The fourth-order valence-corrected chi connectivity index (χ4v) is 10.1. The van der Waals surface area contributed by atoms with Crippen molar-refractivity contribution in [2.24, 2.45) is 23.7 Å². The number of cyclic esters (lactones) is 1. The van der Waals surface area contributed by atoms with E-state index in [4.69, 9.17) is 23.7 Å². The van der Waals surface area contributed by atoms with Crippen LogP contribution in [0, 0.1) is 23.7 Å². The van der Waals surface area contributed by atoms with Crippen LogP contribution in [0.4, 0.5) is 4.79 Å². The number of hydrogen-bond donors (Lipinski definition) is 1. The highest BCUT2D eigenvalue weighted by Gasteiger charge is 2.62. The van der Waals surface area contributed by atoms with Gasteiger partial charge in [0.1, 0.15) is 23.9 Å². The Morgan fingerprint density at radius 1 is 1.03 bits per heavy atom. The van der Waals surface area contributed by atoms with Gasteiger partial charge < -0.3 is 43.2 Å². The van der Waals surface area contributed by atoms with Crippen molar-refractivity contribution >= 4 is 34.8 Å². The fourth-order valence-electron chi connectivity index (χ4n) is 10.1. The van der Waals surface area contributed by atoms with Crippen LogP contribution in [-0.4, -0.2) is 135 Å². The van der Waals surface area contributed by atoms with Gasteiger partial charge in [-0.05, 0) is 99.4 Å². The molecule has 15 heteroatoms. The van der Waals surface area contributed by atoms with Crippen LogP contribution < -0.4 is 0 Å². The maximum absolute atomic E-state index is 14.9. The second kappa shape index (κ2) is 18.2. The number of methoxy groups -OCH3 is 1. The van der Waals surface area contributed by atoms with Gasteiger partial charge in [0, 0.05) is 49.2 Å². The first-order valence-corrected chi connectivity index (χ1v) is 21.4. The lowest BCUT2D eigenvalue weighted by Gasteiger charge is -2.47. The van der Waals surface area contributed by atoms with E-state index >= 15 is 0 Å². The highest BCUT2D eigenvalue weighted by Crippen LogP contribution is 2.45. The van der Waals surface area contributed by atoms with Gasteiger partial charge in [-0.2, -0.15) is 0 Å². The van der Waals surface area contributed by atoms with Crippen LogP contribution in [0.3, 0.4) is 0 Å². The van der Waals surface area contributed by atoms with Gasteiger partial charge in [-0.3, -0.25) is 14.4 Å². The molecule has 3 aliphatic rings. The fraction of sp³-hybridized carbons (Fsp3) is 0.773. The van der Waals surface area contributed by atoms with Crippen molar-refractivity contribution in [1.29, 1.82) is 0 Å². The van der Waals surface area contributed by atoms with Crippen molar-refractivity contribution in [2.45, 2.75) is 167 Å². The lowest BCUT2D eigenvalue weighted by atomic mass is 9.72. The molecule has 1 unspecified atom stereocenters. The molecule has 0 saturated carbocycles. The highest BCUT2D eigenvalue weighted by atomic mass is 16.7. The largest absolute Gasteiger partial charge is 0.457 e. The number of rotatable bonds is 11. The summed E-state index contributed by atoms with van der Waals surface area (Å²) in [6.45, 7) is 18.7. The van der Waals surface area contributed by atoms with E-state index in [2.05, 4.69) is 28.4 Å². The minimum atomic E-state index is -1.37. The first-order chi connectivity index (χ1) is 27.7.